The van der Waals surface area contributed by atoms with Gasteiger partial charge in [0.1, 0.15) is 30.3 Å². The van der Waals surface area contributed by atoms with Crippen LogP contribution in [0, 0.1) is 16.0 Å². The van der Waals surface area contributed by atoms with Gasteiger partial charge in [0.2, 0.25) is 0 Å². The summed E-state index contributed by atoms with van der Waals surface area (Å²) < 4.78 is 19.0. The van der Waals surface area contributed by atoms with Crippen molar-refractivity contribution in [2.75, 3.05) is 0 Å². The molecule has 3 aliphatic rings. The maximum absolute atomic E-state index is 12.1. The number of benzene rings is 1. The number of fused-ring (bicyclic) bond motifs is 3. The number of aromatic nitrogens is 3. The Morgan fingerprint density at radius 2 is 2.15 bits per heavy atom. The Hall–Kier alpha value is -3.53. The summed E-state index contributed by atoms with van der Waals surface area (Å²) in [5.74, 6) is 0.168. The molecule has 2 saturated heterocycles. The molecule has 0 spiro atoms. The number of esters is 1. The maximum atomic E-state index is 12.1. The van der Waals surface area contributed by atoms with E-state index in [2.05, 4.69) is 29.9 Å². The average Bonchev–Trinajstić information content (AvgIpc) is 3.13. The number of carbonyl (C=O) groups is 1. The molecule has 1 aromatic carbocycles. The molecule has 178 valence electrons. The third-order valence-electron chi connectivity index (χ3n) is 6.82. The van der Waals surface area contributed by atoms with Crippen LogP contribution in [-0.2, 0) is 27.4 Å². The molecule has 0 N–H and O–H groups in total. The van der Waals surface area contributed by atoms with E-state index in [-0.39, 0.29) is 42.0 Å². The van der Waals surface area contributed by atoms with Gasteiger partial charge >= 0.3 is 5.97 Å². The molecule has 2 aliphatic heterocycles. The van der Waals surface area contributed by atoms with Gasteiger partial charge in [0.25, 0.3) is 5.69 Å². The number of hydrogen-bond acceptors (Lipinski definition) is 8. The second-order valence-electron chi connectivity index (χ2n) is 9.24. The van der Waals surface area contributed by atoms with Crippen LogP contribution in [0.15, 0.2) is 54.3 Å². The fourth-order valence-corrected chi connectivity index (χ4v) is 4.77. The van der Waals surface area contributed by atoms with Crippen LogP contribution in [0.3, 0.4) is 0 Å². The van der Waals surface area contributed by atoms with Crippen molar-refractivity contribution in [2.24, 2.45) is 5.92 Å². The largest absolute Gasteiger partial charge is 0.487 e. The average molecular weight is 466 g/mol. The molecule has 0 unspecified atom stereocenters. The lowest BCUT2D eigenvalue weighted by Gasteiger charge is -2.20. The van der Waals surface area contributed by atoms with Crippen molar-refractivity contribution in [1.82, 2.24) is 15.0 Å². The van der Waals surface area contributed by atoms with Gasteiger partial charge in [-0.05, 0) is 44.7 Å². The molecule has 1 aromatic heterocycles. The molecule has 0 bridgehead atoms. The number of nitrogens with zero attached hydrogens (tertiary/aromatic N) is 4. The Morgan fingerprint density at radius 1 is 1.35 bits per heavy atom. The second-order valence-corrected chi connectivity index (χ2v) is 9.24. The molecule has 2 fully saturated rings. The monoisotopic (exact) mass is 466 g/mol. The highest BCUT2D eigenvalue weighted by Crippen LogP contribution is 2.49. The summed E-state index contributed by atoms with van der Waals surface area (Å²) in [5.41, 5.74) is 2.15. The lowest BCUT2D eigenvalue weighted by atomic mass is 9.84. The zero-order valence-electron chi connectivity index (χ0n) is 18.9. The first kappa shape index (κ1) is 22.3. The zero-order valence-corrected chi connectivity index (χ0v) is 18.9. The summed E-state index contributed by atoms with van der Waals surface area (Å²) in [7, 11) is 0. The number of nitro groups is 1. The van der Waals surface area contributed by atoms with E-state index < -0.39 is 4.92 Å². The van der Waals surface area contributed by atoms with Crippen LogP contribution in [-0.4, -0.2) is 43.7 Å². The van der Waals surface area contributed by atoms with Crippen LogP contribution in [0.4, 0.5) is 5.69 Å². The molecule has 10 nitrogen and oxygen atoms in total. The normalized spacial score (nSPS) is 29.9. The number of nitro benzene ring substituents is 1. The first-order valence-corrected chi connectivity index (χ1v) is 11.3. The van der Waals surface area contributed by atoms with Crippen LogP contribution >= 0.6 is 0 Å². The van der Waals surface area contributed by atoms with Crippen LogP contribution in [0.25, 0.3) is 0 Å². The predicted octanol–water partition coefficient (Wildman–Crippen LogP) is 3.52. The zero-order chi connectivity index (χ0) is 23.9. The Balaban J connectivity index is 1.21. The summed E-state index contributed by atoms with van der Waals surface area (Å²) in [4.78, 5) is 22.4. The predicted molar refractivity (Wildman–Crippen MR) is 120 cm³/mol. The third kappa shape index (κ3) is 4.45. The number of allylic oxidation sites excluding steroid dienone is 2. The number of carbonyl (C=O) groups excluding carboxylic acids is 1. The van der Waals surface area contributed by atoms with Gasteiger partial charge in [-0.15, -0.1) is 5.10 Å². The van der Waals surface area contributed by atoms with Gasteiger partial charge in [-0.25, -0.2) is 9.48 Å². The Bertz CT molecular complexity index is 1160. The standard InChI is InChI=1S/C24H26N4O6/c1-15-20-10-5-16(4-3-11-24(2)22(34-24)21(20)33-23(15)29)12-27-13-17(25-26-27)14-32-19-8-6-18(7-9-19)28(30)31/h4,6-9,13,20-22H,1,3,5,10-12,14H2,2H3/b16-4+/t20-,21-,22+,24+/m0/s1. The molecule has 0 saturated carbocycles. The van der Waals surface area contributed by atoms with Gasteiger partial charge in [-0.2, -0.15) is 0 Å². The number of non-ortho nitro benzene ring substituents is 1. The minimum absolute atomic E-state index is 0.0125. The first-order chi connectivity index (χ1) is 16.3. The third-order valence-corrected chi connectivity index (χ3v) is 6.82. The van der Waals surface area contributed by atoms with E-state index in [1.165, 1.54) is 17.7 Å². The number of hydrogen-bond donors (Lipinski definition) is 0. The van der Waals surface area contributed by atoms with Gasteiger partial charge in [-0.1, -0.05) is 23.4 Å². The van der Waals surface area contributed by atoms with Gasteiger partial charge in [0, 0.05) is 23.6 Å². The highest BCUT2D eigenvalue weighted by Gasteiger charge is 2.61. The Labute approximate surface area is 196 Å². The summed E-state index contributed by atoms with van der Waals surface area (Å²) in [5, 5.41) is 19.2. The molecular weight excluding hydrogens is 440 g/mol. The fourth-order valence-electron chi connectivity index (χ4n) is 4.77. The van der Waals surface area contributed by atoms with Crippen LogP contribution in [0.2, 0.25) is 0 Å². The maximum Gasteiger partial charge on any atom is 0.334 e. The van der Waals surface area contributed by atoms with E-state index in [1.54, 1.807) is 16.8 Å². The van der Waals surface area contributed by atoms with E-state index >= 15 is 0 Å². The number of ether oxygens (including phenoxy) is 3. The quantitative estimate of drug-likeness (QED) is 0.158. The first-order valence-electron chi connectivity index (χ1n) is 11.3. The lowest BCUT2D eigenvalue weighted by Crippen LogP contribution is -2.29. The van der Waals surface area contributed by atoms with Gasteiger partial charge < -0.3 is 14.2 Å². The molecule has 5 rings (SSSR count). The topological polar surface area (TPSA) is 122 Å². The van der Waals surface area contributed by atoms with E-state index in [0.29, 0.717) is 23.6 Å². The fraction of sp³-hybridized carbons (Fsp3) is 0.458. The molecule has 1 aliphatic carbocycles. The van der Waals surface area contributed by atoms with Crippen molar-refractivity contribution < 1.29 is 23.9 Å². The smallest absolute Gasteiger partial charge is 0.334 e. The molecule has 0 amide bonds. The SMILES string of the molecule is C=C1C(=O)O[C@@H]2[C@H]3O[C@]3(C)CC/C=C(/Cn3cc(COc4ccc([N+](=O)[O-])cc4)nn3)CC[C@@H]12. The Kier molecular flexibility index (Phi) is 5.68. The highest BCUT2D eigenvalue weighted by atomic mass is 16.6. The lowest BCUT2D eigenvalue weighted by molar-refractivity contribution is -0.384. The molecular formula is C24H26N4O6. The second kappa shape index (κ2) is 8.68. The minimum Gasteiger partial charge on any atom is -0.487 e. The van der Waals surface area contributed by atoms with Gasteiger partial charge in [0.15, 0.2) is 0 Å². The molecule has 0 radical (unpaired) electrons. The Morgan fingerprint density at radius 3 is 2.91 bits per heavy atom. The van der Waals surface area contributed by atoms with Gasteiger partial charge in [0.05, 0.1) is 23.3 Å². The number of epoxide rings is 1. The van der Waals surface area contributed by atoms with Crippen molar-refractivity contribution in [1.29, 1.82) is 0 Å². The summed E-state index contributed by atoms with van der Waals surface area (Å²) in [6, 6.07) is 5.91. The molecule has 3 heterocycles. The molecule has 10 heteroatoms. The van der Waals surface area contributed by atoms with E-state index in [0.717, 1.165) is 25.7 Å². The van der Waals surface area contributed by atoms with Gasteiger partial charge in [-0.3, -0.25) is 10.1 Å². The summed E-state index contributed by atoms with van der Waals surface area (Å²) >= 11 is 0. The van der Waals surface area contributed by atoms with Crippen molar-refractivity contribution in [3.8, 4) is 5.75 Å². The van der Waals surface area contributed by atoms with E-state index in [1.807, 2.05) is 6.20 Å². The number of rotatable bonds is 6. The molecule has 2 aromatic rings. The van der Waals surface area contributed by atoms with Crippen LogP contribution in [0.5, 0.6) is 5.75 Å². The molecule has 34 heavy (non-hydrogen) atoms. The van der Waals surface area contributed by atoms with Crippen LogP contribution in [0.1, 0.15) is 38.3 Å². The highest BCUT2D eigenvalue weighted by molar-refractivity contribution is 5.91. The van der Waals surface area contributed by atoms with Crippen LogP contribution < -0.4 is 4.74 Å². The molecule has 4 atom stereocenters. The van der Waals surface area contributed by atoms with Crippen molar-refractivity contribution in [2.45, 2.75) is 63.6 Å². The van der Waals surface area contributed by atoms with Crippen molar-refractivity contribution in [3.05, 3.63) is 70.1 Å². The summed E-state index contributed by atoms with van der Waals surface area (Å²) in [6.07, 6.45) is 7.06. The van der Waals surface area contributed by atoms with E-state index in [9.17, 15) is 14.9 Å². The minimum atomic E-state index is -0.451. The van der Waals surface area contributed by atoms with Crippen molar-refractivity contribution in [3.63, 3.8) is 0 Å². The van der Waals surface area contributed by atoms with Crippen molar-refractivity contribution >= 4 is 11.7 Å². The summed E-state index contributed by atoms with van der Waals surface area (Å²) in [6.45, 7) is 6.84. The van der Waals surface area contributed by atoms with E-state index in [4.69, 9.17) is 14.2 Å².